The Labute approximate surface area is 215 Å². The molecule has 36 heavy (non-hydrogen) atoms. The van der Waals surface area contributed by atoms with E-state index in [-0.39, 0.29) is 70.6 Å². The van der Waals surface area contributed by atoms with Gasteiger partial charge >= 0.3 is 0 Å². The maximum Gasteiger partial charge on any atom is 0.202 e. The molecular weight excluding hydrogens is 456 g/mol. The SMILES string of the molecule is C[C@@H]1C(=O)C[C@@H](C(C)(C)O)O[C@@H]2C[C@@]3(C)[C@@H]4CCC5C(C=C(O)C(=O)C5(C)C)[C@]4(C)C(=O)C[C@]3(C)[C@@H]12. The molecule has 10 atom stereocenters. The van der Waals surface area contributed by atoms with E-state index < -0.39 is 27.9 Å². The number of Topliss-reactive ketones (excluding diaryl/α,β-unsaturated/α-hetero) is 3. The molecule has 4 aliphatic carbocycles. The quantitative estimate of drug-likeness (QED) is 0.535. The number of aliphatic hydroxyl groups excluding tert-OH is 1. The summed E-state index contributed by atoms with van der Waals surface area (Å²) in [7, 11) is 0. The van der Waals surface area contributed by atoms with Crippen LogP contribution in [0.4, 0.5) is 0 Å². The Kier molecular flexibility index (Phi) is 5.46. The molecule has 1 saturated heterocycles. The number of hydrogen-bond donors (Lipinski definition) is 2. The van der Waals surface area contributed by atoms with Crippen molar-refractivity contribution in [1.29, 1.82) is 0 Å². The van der Waals surface area contributed by atoms with Gasteiger partial charge in [0.1, 0.15) is 11.6 Å². The van der Waals surface area contributed by atoms with Gasteiger partial charge in [0.2, 0.25) is 5.78 Å². The van der Waals surface area contributed by atoms with Crippen molar-refractivity contribution >= 4 is 17.3 Å². The van der Waals surface area contributed by atoms with Gasteiger partial charge in [0.15, 0.2) is 5.76 Å². The average Bonchev–Trinajstić information content (AvgIpc) is 2.88. The summed E-state index contributed by atoms with van der Waals surface area (Å²) in [6, 6.07) is 0. The van der Waals surface area contributed by atoms with Crippen LogP contribution in [0.1, 0.15) is 87.5 Å². The van der Waals surface area contributed by atoms with E-state index in [0.717, 1.165) is 19.3 Å². The first-order valence-corrected chi connectivity index (χ1v) is 13.8. The predicted octanol–water partition coefficient (Wildman–Crippen LogP) is 4.82. The number of allylic oxidation sites excluding steroid dienone is 2. The molecule has 6 heteroatoms. The second-order valence-corrected chi connectivity index (χ2v) is 14.6. The van der Waals surface area contributed by atoms with Crippen molar-refractivity contribution < 1.29 is 29.3 Å². The van der Waals surface area contributed by atoms with E-state index >= 15 is 0 Å². The first-order valence-electron chi connectivity index (χ1n) is 13.8. The lowest BCUT2D eigenvalue weighted by Gasteiger charge is -2.65. The van der Waals surface area contributed by atoms with E-state index in [1.54, 1.807) is 19.9 Å². The minimum Gasteiger partial charge on any atom is -0.505 e. The third-order valence-corrected chi connectivity index (χ3v) is 12.2. The van der Waals surface area contributed by atoms with Crippen LogP contribution < -0.4 is 0 Å². The van der Waals surface area contributed by atoms with Crippen LogP contribution in [0.15, 0.2) is 11.8 Å². The van der Waals surface area contributed by atoms with Crippen molar-refractivity contribution in [3.8, 4) is 0 Å². The molecule has 3 saturated carbocycles. The monoisotopic (exact) mass is 500 g/mol. The van der Waals surface area contributed by atoms with E-state index in [2.05, 4.69) is 20.8 Å². The summed E-state index contributed by atoms with van der Waals surface area (Å²) in [6.45, 7) is 15.8. The van der Waals surface area contributed by atoms with Crippen LogP contribution in [0.25, 0.3) is 0 Å². The van der Waals surface area contributed by atoms with Crippen LogP contribution in [0.2, 0.25) is 0 Å². The number of hydrogen-bond acceptors (Lipinski definition) is 6. The second kappa shape index (κ2) is 7.53. The number of ketones is 3. The van der Waals surface area contributed by atoms with Gasteiger partial charge in [-0.05, 0) is 67.8 Å². The molecular formula is C30H44O6. The van der Waals surface area contributed by atoms with Crippen LogP contribution in [0, 0.1) is 51.2 Å². The molecule has 0 aromatic rings. The van der Waals surface area contributed by atoms with Gasteiger partial charge in [0.05, 0.1) is 17.8 Å². The Morgan fingerprint density at radius 1 is 1.03 bits per heavy atom. The lowest BCUT2D eigenvalue weighted by Crippen LogP contribution is -2.64. The van der Waals surface area contributed by atoms with Crippen LogP contribution in [0.3, 0.4) is 0 Å². The summed E-state index contributed by atoms with van der Waals surface area (Å²) < 4.78 is 6.60. The molecule has 0 bridgehead atoms. The average molecular weight is 501 g/mol. The molecule has 2 unspecified atom stereocenters. The largest absolute Gasteiger partial charge is 0.505 e. The van der Waals surface area contributed by atoms with Crippen molar-refractivity contribution in [2.75, 3.05) is 0 Å². The Morgan fingerprint density at radius 3 is 2.28 bits per heavy atom. The van der Waals surface area contributed by atoms with Crippen LogP contribution in [-0.2, 0) is 19.1 Å². The third-order valence-electron chi connectivity index (χ3n) is 12.2. The highest BCUT2D eigenvalue weighted by Gasteiger charge is 2.74. The minimum absolute atomic E-state index is 0.00209. The molecule has 0 aromatic heterocycles. The molecule has 1 heterocycles. The maximum atomic E-state index is 14.3. The Morgan fingerprint density at radius 2 is 1.67 bits per heavy atom. The topological polar surface area (TPSA) is 101 Å². The van der Waals surface area contributed by atoms with E-state index in [0.29, 0.717) is 6.42 Å². The molecule has 4 fully saturated rings. The molecule has 5 aliphatic rings. The lowest BCUT2D eigenvalue weighted by atomic mass is 9.37. The predicted molar refractivity (Wildman–Crippen MR) is 135 cm³/mol. The molecule has 6 nitrogen and oxygen atoms in total. The van der Waals surface area contributed by atoms with Crippen molar-refractivity contribution in [2.45, 2.75) is 105 Å². The number of carbonyl (C=O) groups is 3. The summed E-state index contributed by atoms with van der Waals surface area (Å²) in [5.41, 5.74) is -3.23. The van der Waals surface area contributed by atoms with E-state index in [4.69, 9.17) is 4.74 Å². The zero-order valence-electron chi connectivity index (χ0n) is 23.2. The molecule has 0 spiro atoms. The standard InChI is InChI=1S/C30H44O6/c1-15-18(31)12-23(27(4,5)35)36-20-13-28(6)21-10-9-16-17(11-19(32)25(34)26(16,2)3)30(21,8)22(33)14-29(28,7)24(15)20/h11,15-17,20-21,23-24,32,35H,9-10,12-14H2,1-8H3/t15-,16?,17?,20-,21+,23+,24+,28+,29-,30+/m1/s1. The van der Waals surface area contributed by atoms with Crippen LogP contribution in [-0.4, -0.2) is 45.4 Å². The van der Waals surface area contributed by atoms with Gasteiger partial charge in [-0.2, -0.15) is 0 Å². The fraction of sp³-hybridized carbons (Fsp3) is 0.833. The zero-order chi connectivity index (χ0) is 26.8. The van der Waals surface area contributed by atoms with Crippen molar-refractivity contribution in [2.24, 2.45) is 51.2 Å². The summed E-state index contributed by atoms with van der Waals surface area (Å²) in [6.07, 6.45) is 3.85. The Balaban J connectivity index is 1.61. The van der Waals surface area contributed by atoms with Crippen molar-refractivity contribution in [1.82, 2.24) is 0 Å². The number of rotatable bonds is 1. The van der Waals surface area contributed by atoms with Gasteiger partial charge in [-0.25, -0.2) is 0 Å². The summed E-state index contributed by atoms with van der Waals surface area (Å²) in [4.78, 5) is 40.5. The second-order valence-electron chi connectivity index (χ2n) is 14.6. The van der Waals surface area contributed by atoms with Gasteiger partial charge in [0.25, 0.3) is 0 Å². The van der Waals surface area contributed by atoms with Crippen molar-refractivity contribution in [3.63, 3.8) is 0 Å². The van der Waals surface area contributed by atoms with Crippen LogP contribution >= 0.6 is 0 Å². The minimum atomic E-state index is -1.13. The zero-order valence-corrected chi connectivity index (χ0v) is 23.2. The van der Waals surface area contributed by atoms with Gasteiger partial charge in [0, 0.05) is 35.5 Å². The highest BCUT2D eigenvalue weighted by Crippen LogP contribution is 2.75. The summed E-state index contributed by atoms with van der Waals surface area (Å²) in [5.74, 6) is -0.656. The molecule has 0 amide bonds. The van der Waals surface area contributed by atoms with Crippen LogP contribution in [0.5, 0.6) is 0 Å². The molecule has 5 rings (SSSR count). The summed E-state index contributed by atoms with van der Waals surface area (Å²) >= 11 is 0. The van der Waals surface area contributed by atoms with Crippen molar-refractivity contribution in [3.05, 3.63) is 11.8 Å². The molecule has 200 valence electrons. The highest BCUT2D eigenvalue weighted by atomic mass is 16.5. The first kappa shape index (κ1) is 26.1. The summed E-state index contributed by atoms with van der Waals surface area (Å²) in [5, 5.41) is 21.4. The Bertz CT molecular complexity index is 1050. The first-order chi connectivity index (χ1) is 16.4. The van der Waals surface area contributed by atoms with Gasteiger partial charge < -0.3 is 14.9 Å². The lowest BCUT2D eigenvalue weighted by molar-refractivity contribution is -0.185. The normalized spacial score (nSPS) is 50.4. The van der Waals surface area contributed by atoms with Gasteiger partial charge in [-0.1, -0.05) is 41.5 Å². The van der Waals surface area contributed by atoms with Gasteiger partial charge in [-0.15, -0.1) is 0 Å². The number of aliphatic hydroxyl groups is 2. The van der Waals surface area contributed by atoms with E-state index in [1.165, 1.54) is 0 Å². The fourth-order valence-electron chi connectivity index (χ4n) is 9.88. The molecule has 0 aromatic carbocycles. The number of ether oxygens (including phenoxy) is 1. The molecule has 1 aliphatic heterocycles. The third kappa shape index (κ3) is 3.06. The number of fused-ring (bicyclic) bond motifs is 7. The smallest absolute Gasteiger partial charge is 0.202 e. The van der Waals surface area contributed by atoms with E-state index in [1.807, 2.05) is 20.8 Å². The Hall–Kier alpha value is -1.53. The fourth-order valence-corrected chi connectivity index (χ4v) is 9.88. The van der Waals surface area contributed by atoms with E-state index in [9.17, 15) is 24.6 Å². The van der Waals surface area contributed by atoms with Gasteiger partial charge in [-0.3, -0.25) is 14.4 Å². The number of carbonyl (C=O) groups excluding carboxylic acids is 3. The highest BCUT2D eigenvalue weighted by molar-refractivity contribution is 5.99. The molecule has 0 radical (unpaired) electrons. The maximum absolute atomic E-state index is 14.3. The molecule has 2 N–H and O–H groups in total.